The Kier molecular flexibility index (Phi) is 4.36. The van der Waals surface area contributed by atoms with Gasteiger partial charge in [0.2, 0.25) is 0 Å². The molecule has 0 radical (unpaired) electrons. The summed E-state index contributed by atoms with van der Waals surface area (Å²) >= 11 is 0. The standard InChI is InChI=1S/C23H32O3/c1-21-11-7-17(25)15-16(21)5-6-18-19(21)8-12-22(2)20(18)9-13-23(22,26)10-3-4-14-24/h15,18-20,24,26H,4-9,11-14H2,1-2H3/t18-,19-,20+,21+,22+,23?/m1/s1. The lowest BCUT2D eigenvalue weighted by Gasteiger charge is -2.58. The van der Waals surface area contributed by atoms with E-state index in [9.17, 15) is 9.90 Å². The van der Waals surface area contributed by atoms with Crippen LogP contribution in [0.1, 0.15) is 71.6 Å². The van der Waals surface area contributed by atoms with E-state index in [1.54, 1.807) is 0 Å². The first-order valence-corrected chi connectivity index (χ1v) is 10.4. The predicted octanol–water partition coefficient (Wildman–Crippen LogP) is 3.64. The Labute approximate surface area is 157 Å². The lowest BCUT2D eigenvalue weighted by Crippen LogP contribution is -2.54. The number of carbonyl (C=O) groups is 1. The van der Waals surface area contributed by atoms with Crippen LogP contribution >= 0.6 is 0 Å². The maximum Gasteiger partial charge on any atom is 0.155 e. The Hall–Kier alpha value is -1.11. The largest absolute Gasteiger partial charge is 0.395 e. The zero-order chi connectivity index (χ0) is 18.6. The first-order chi connectivity index (χ1) is 12.3. The molecule has 0 spiro atoms. The molecule has 0 heterocycles. The van der Waals surface area contributed by atoms with Gasteiger partial charge in [0.25, 0.3) is 0 Å². The predicted molar refractivity (Wildman–Crippen MR) is 101 cm³/mol. The second-order valence-corrected chi connectivity index (χ2v) is 9.60. The van der Waals surface area contributed by atoms with Gasteiger partial charge in [-0.3, -0.25) is 4.79 Å². The normalized spacial score (nSPS) is 47.2. The smallest absolute Gasteiger partial charge is 0.155 e. The molecule has 3 fully saturated rings. The molecule has 26 heavy (non-hydrogen) atoms. The molecule has 4 aliphatic rings. The number of rotatable bonds is 1. The van der Waals surface area contributed by atoms with Gasteiger partial charge in [-0.05, 0) is 74.2 Å². The summed E-state index contributed by atoms with van der Waals surface area (Å²) < 4.78 is 0. The van der Waals surface area contributed by atoms with Gasteiger partial charge in [-0.25, -0.2) is 0 Å². The number of aliphatic hydroxyl groups excluding tert-OH is 1. The summed E-state index contributed by atoms with van der Waals surface area (Å²) in [5.41, 5.74) is 0.534. The number of fused-ring (bicyclic) bond motifs is 5. The van der Waals surface area contributed by atoms with Crippen molar-refractivity contribution in [1.82, 2.24) is 0 Å². The third kappa shape index (κ3) is 2.45. The van der Waals surface area contributed by atoms with Gasteiger partial charge in [-0.1, -0.05) is 31.3 Å². The first kappa shape index (κ1) is 18.3. The van der Waals surface area contributed by atoms with E-state index >= 15 is 0 Å². The van der Waals surface area contributed by atoms with E-state index in [-0.39, 0.29) is 17.4 Å². The molecule has 4 rings (SSSR count). The second kappa shape index (κ2) is 6.21. The van der Waals surface area contributed by atoms with Crippen LogP contribution in [-0.4, -0.2) is 28.2 Å². The molecule has 4 aliphatic carbocycles. The minimum Gasteiger partial charge on any atom is -0.395 e. The van der Waals surface area contributed by atoms with Gasteiger partial charge < -0.3 is 10.2 Å². The highest BCUT2D eigenvalue weighted by atomic mass is 16.3. The van der Waals surface area contributed by atoms with Crippen molar-refractivity contribution in [2.45, 2.75) is 77.2 Å². The fraction of sp³-hybridized carbons (Fsp3) is 0.783. The second-order valence-electron chi connectivity index (χ2n) is 9.60. The van der Waals surface area contributed by atoms with Gasteiger partial charge in [0.05, 0.1) is 6.61 Å². The van der Waals surface area contributed by atoms with Crippen molar-refractivity contribution in [3.8, 4) is 11.8 Å². The average molecular weight is 357 g/mol. The van der Waals surface area contributed by atoms with Gasteiger partial charge in [0.1, 0.15) is 5.60 Å². The molecule has 142 valence electrons. The van der Waals surface area contributed by atoms with Crippen molar-refractivity contribution >= 4 is 5.78 Å². The van der Waals surface area contributed by atoms with Gasteiger partial charge in [0, 0.05) is 18.3 Å². The highest BCUT2D eigenvalue weighted by molar-refractivity contribution is 5.91. The van der Waals surface area contributed by atoms with Crippen molar-refractivity contribution in [2.24, 2.45) is 28.6 Å². The molecule has 0 amide bonds. The summed E-state index contributed by atoms with van der Waals surface area (Å²) in [4.78, 5) is 11.9. The number of hydrogen-bond acceptors (Lipinski definition) is 3. The van der Waals surface area contributed by atoms with Crippen molar-refractivity contribution in [3.05, 3.63) is 11.6 Å². The Morgan fingerprint density at radius 2 is 1.88 bits per heavy atom. The Bertz CT molecular complexity index is 698. The molecule has 0 aromatic heterocycles. The third-order valence-electron chi connectivity index (χ3n) is 8.65. The van der Waals surface area contributed by atoms with Crippen molar-refractivity contribution in [3.63, 3.8) is 0 Å². The lowest BCUT2D eigenvalue weighted by atomic mass is 9.46. The zero-order valence-electron chi connectivity index (χ0n) is 16.2. The van der Waals surface area contributed by atoms with Crippen LogP contribution in [0, 0.1) is 40.4 Å². The number of hydrogen-bond donors (Lipinski definition) is 2. The van der Waals surface area contributed by atoms with Crippen LogP contribution in [-0.2, 0) is 4.79 Å². The van der Waals surface area contributed by atoms with E-state index in [1.165, 1.54) is 5.57 Å². The summed E-state index contributed by atoms with van der Waals surface area (Å²) in [6, 6.07) is 0. The van der Waals surface area contributed by atoms with E-state index in [1.807, 2.05) is 6.08 Å². The van der Waals surface area contributed by atoms with E-state index in [0.717, 1.165) is 44.9 Å². The lowest BCUT2D eigenvalue weighted by molar-refractivity contribution is -0.119. The molecule has 6 atom stereocenters. The summed E-state index contributed by atoms with van der Waals surface area (Å²) in [5, 5.41) is 20.4. The van der Waals surface area contributed by atoms with Crippen molar-refractivity contribution in [1.29, 1.82) is 0 Å². The van der Waals surface area contributed by atoms with Crippen molar-refractivity contribution < 1.29 is 15.0 Å². The fourth-order valence-electron chi connectivity index (χ4n) is 7.05. The minimum absolute atomic E-state index is 0.0557. The van der Waals surface area contributed by atoms with Gasteiger partial charge in [-0.15, -0.1) is 0 Å². The average Bonchev–Trinajstić information content (AvgIpc) is 2.87. The summed E-state index contributed by atoms with van der Waals surface area (Å²) in [7, 11) is 0. The number of aliphatic hydroxyl groups is 2. The van der Waals surface area contributed by atoms with Crippen molar-refractivity contribution in [2.75, 3.05) is 6.61 Å². The van der Waals surface area contributed by atoms with E-state index in [2.05, 4.69) is 25.7 Å². The molecule has 3 heteroatoms. The van der Waals surface area contributed by atoms with Crippen LogP contribution in [0.25, 0.3) is 0 Å². The summed E-state index contributed by atoms with van der Waals surface area (Å²) in [5.74, 6) is 8.27. The number of allylic oxidation sites excluding steroid dienone is 1. The monoisotopic (exact) mass is 356 g/mol. The molecule has 0 saturated heterocycles. The summed E-state index contributed by atoms with van der Waals surface area (Å²) in [6.45, 7) is 4.71. The van der Waals surface area contributed by atoms with Gasteiger partial charge in [-0.2, -0.15) is 0 Å². The van der Waals surface area contributed by atoms with Crippen LogP contribution in [0.3, 0.4) is 0 Å². The van der Waals surface area contributed by atoms with E-state index in [0.29, 0.717) is 36.4 Å². The molecular formula is C23H32O3. The van der Waals surface area contributed by atoms with E-state index in [4.69, 9.17) is 5.11 Å². The molecule has 2 N–H and O–H groups in total. The maximum absolute atomic E-state index is 11.9. The van der Waals surface area contributed by atoms with Gasteiger partial charge >= 0.3 is 0 Å². The molecule has 3 saturated carbocycles. The van der Waals surface area contributed by atoms with Crippen LogP contribution in [0.15, 0.2) is 11.6 Å². The number of carbonyl (C=O) groups excluding carboxylic acids is 1. The molecule has 0 bridgehead atoms. The van der Waals surface area contributed by atoms with Crippen LogP contribution < -0.4 is 0 Å². The Morgan fingerprint density at radius 1 is 1.12 bits per heavy atom. The first-order valence-electron chi connectivity index (χ1n) is 10.4. The highest BCUT2D eigenvalue weighted by Gasteiger charge is 2.63. The van der Waals surface area contributed by atoms with Crippen LogP contribution in [0.4, 0.5) is 0 Å². The highest BCUT2D eigenvalue weighted by Crippen LogP contribution is 2.67. The van der Waals surface area contributed by atoms with Crippen LogP contribution in [0.2, 0.25) is 0 Å². The molecule has 1 unspecified atom stereocenters. The summed E-state index contributed by atoms with van der Waals surface area (Å²) in [6.07, 6.45) is 10.2. The van der Waals surface area contributed by atoms with Crippen LogP contribution in [0.5, 0.6) is 0 Å². The number of ketones is 1. The zero-order valence-corrected chi connectivity index (χ0v) is 16.2. The SMILES string of the molecule is C[C@]12CCC(=O)C=C1CC[C@@H]1[C@H]2CC[C@@]2(C)[C@H]1CCC2(O)C#CCCO. The molecule has 3 nitrogen and oxygen atoms in total. The third-order valence-corrected chi connectivity index (χ3v) is 8.65. The molecule has 0 aromatic rings. The maximum atomic E-state index is 11.9. The Morgan fingerprint density at radius 3 is 2.65 bits per heavy atom. The molecular weight excluding hydrogens is 324 g/mol. The quantitative estimate of drug-likeness (QED) is 0.705. The fourth-order valence-corrected chi connectivity index (χ4v) is 7.05. The molecule has 0 aromatic carbocycles. The van der Waals surface area contributed by atoms with E-state index < -0.39 is 5.60 Å². The minimum atomic E-state index is -0.905. The Balaban J connectivity index is 1.64. The topological polar surface area (TPSA) is 57.5 Å². The molecule has 0 aliphatic heterocycles. The van der Waals surface area contributed by atoms with Gasteiger partial charge in [0.15, 0.2) is 5.78 Å².